The van der Waals surface area contributed by atoms with E-state index in [1.165, 1.54) is 13.3 Å². The van der Waals surface area contributed by atoms with Gasteiger partial charge >= 0.3 is 5.97 Å². The Hall–Kier alpha value is -2.72. The Labute approximate surface area is 169 Å². The van der Waals surface area contributed by atoms with Crippen LogP contribution in [0.1, 0.15) is 25.3 Å². The maximum atomic E-state index is 12.7. The summed E-state index contributed by atoms with van der Waals surface area (Å²) in [6, 6.07) is 5.38. The van der Waals surface area contributed by atoms with E-state index in [9.17, 15) is 14.9 Å². The Balaban J connectivity index is 2.06. The number of methoxy groups -OCH3 is 1. The number of amides is 1. The van der Waals surface area contributed by atoms with E-state index in [0.717, 1.165) is 5.56 Å². The van der Waals surface area contributed by atoms with Gasteiger partial charge in [-0.1, -0.05) is 11.6 Å². The van der Waals surface area contributed by atoms with E-state index in [2.05, 4.69) is 5.32 Å². The lowest BCUT2D eigenvalue weighted by Gasteiger charge is -2.30. The lowest BCUT2D eigenvalue weighted by molar-refractivity contribution is -0.150. The normalized spacial score (nSPS) is 15.0. The van der Waals surface area contributed by atoms with E-state index in [1.807, 2.05) is 13.0 Å². The highest BCUT2D eigenvalue weighted by Crippen LogP contribution is 2.31. The van der Waals surface area contributed by atoms with Crippen LogP contribution in [-0.4, -0.2) is 43.6 Å². The summed E-state index contributed by atoms with van der Waals surface area (Å²) in [5.41, 5.74) is 1.42. The minimum absolute atomic E-state index is 0.0239. The molecule has 0 atom stereocenters. The molecule has 1 aliphatic rings. The SMILES string of the molecule is CCOC(=O)C1CCN(C(=O)/C(C#N)=C\Nc2cc(C)c(Cl)cc2OC)CC1. The van der Waals surface area contributed by atoms with Crippen LogP contribution in [0, 0.1) is 24.2 Å². The maximum Gasteiger partial charge on any atom is 0.309 e. The molecule has 1 heterocycles. The van der Waals surface area contributed by atoms with Crippen molar-refractivity contribution in [3.8, 4) is 11.8 Å². The van der Waals surface area contributed by atoms with Crippen molar-refractivity contribution in [3.05, 3.63) is 34.5 Å². The van der Waals surface area contributed by atoms with E-state index < -0.39 is 0 Å². The van der Waals surface area contributed by atoms with E-state index in [1.54, 1.807) is 24.0 Å². The molecule has 150 valence electrons. The average Bonchev–Trinajstić information content (AvgIpc) is 2.70. The Bertz CT molecular complexity index is 808. The molecular formula is C20H24ClN3O4. The minimum atomic E-state index is -0.373. The number of likely N-dealkylation sites (tertiary alicyclic amines) is 1. The summed E-state index contributed by atoms with van der Waals surface area (Å²) in [6.45, 7) is 4.78. The molecule has 0 aliphatic carbocycles. The van der Waals surface area contributed by atoms with Crippen molar-refractivity contribution >= 4 is 29.2 Å². The third-order valence-electron chi connectivity index (χ3n) is 4.61. The van der Waals surface area contributed by atoms with Crippen LogP contribution in [0.2, 0.25) is 5.02 Å². The van der Waals surface area contributed by atoms with Gasteiger partial charge in [0.25, 0.3) is 5.91 Å². The molecule has 7 nitrogen and oxygen atoms in total. The van der Waals surface area contributed by atoms with Crippen LogP contribution in [-0.2, 0) is 14.3 Å². The van der Waals surface area contributed by atoms with Crippen LogP contribution in [0.4, 0.5) is 5.69 Å². The second-order valence-corrected chi connectivity index (χ2v) is 6.84. The molecule has 0 radical (unpaired) electrons. The van der Waals surface area contributed by atoms with Crippen molar-refractivity contribution < 1.29 is 19.1 Å². The number of anilines is 1. The Morgan fingerprint density at radius 2 is 2.07 bits per heavy atom. The van der Waals surface area contributed by atoms with Gasteiger partial charge in [-0.05, 0) is 38.3 Å². The number of piperidine rings is 1. The number of carbonyl (C=O) groups excluding carboxylic acids is 2. The molecule has 1 aliphatic heterocycles. The van der Waals surface area contributed by atoms with Crippen LogP contribution >= 0.6 is 11.6 Å². The van der Waals surface area contributed by atoms with Crippen molar-refractivity contribution in [1.82, 2.24) is 4.90 Å². The zero-order chi connectivity index (χ0) is 20.7. The van der Waals surface area contributed by atoms with Crippen LogP contribution in [0.5, 0.6) is 5.75 Å². The monoisotopic (exact) mass is 405 g/mol. The molecule has 1 saturated heterocycles. The highest BCUT2D eigenvalue weighted by molar-refractivity contribution is 6.31. The summed E-state index contributed by atoms with van der Waals surface area (Å²) in [7, 11) is 1.51. The van der Waals surface area contributed by atoms with Gasteiger partial charge in [0, 0.05) is 30.4 Å². The van der Waals surface area contributed by atoms with Gasteiger partial charge in [0.2, 0.25) is 0 Å². The third-order valence-corrected chi connectivity index (χ3v) is 5.01. The first kappa shape index (κ1) is 21.6. The van der Waals surface area contributed by atoms with Crippen LogP contribution in [0.15, 0.2) is 23.9 Å². The molecule has 2 rings (SSSR count). The quantitative estimate of drug-likeness (QED) is 0.443. The number of aryl methyl sites for hydroxylation is 1. The molecule has 1 N–H and O–H groups in total. The number of hydrogen-bond donors (Lipinski definition) is 1. The Morgan fingerprint density at radius 3 is 2.64 bits per heavy atom. The molecular weight excluding hydrogens is 382 g/mol. The topological polar surface area (TPSA) is 91.7 Å². The molecule has 0 saturated carbocycles. The van der Waals surface area contributed by atoms with Gasteiger partial charge in [0.15, 0.2) is 0 Å². The van der Waals surface area contributed by atoms with Crippen LogP contribution in [0.3, 0.4) is 0 Å². The van der Waals surface area contributed by atoms with Gasteiger partial charge < -0.3 is 19.7 Å². The summed E-state index contributed by atoms with van der Waals surface area (Å²) in [6.07, 6.45) is 2.42. The van der Waals surface area contributed by atoms with Crippen molar-refractivity contribution in [2.24, 2.45) is 5.92 Å². The highest BCUT2D eigenvalue weighted by Gasteiger charge is 2.29. The molecule has 1 aromatic carbocycles. The molecule has 0 aromatic heterocycles. The summed E-state index contributed by atoms with van der Waals surface area (Å²) < 4.78 is 10.3. The fourth-order valence-corrected chi connectivity index (χ4v) is 3.14. The predicted molar refractivity (Wildman–Crippen MR) is 106 cm³/mol. The average molecular weight is 406 g/mol. The first-order valence-corrected chi connectivity index (χ1v) is 9.45. The summed E-state index contributed by atoms with van der Waals surface area (Å²) in [5.74, 6) is -0.288. The van der Waals surface area contributed by atoms with E-state index in [0.29, 0.717) is 49.0 Å². The summed E-state index contributed by atoms with van der Waals surface area (Å²) >= 11 is 6.09. The molecule has 1 fully saturated rings. The number of carbonyl (C=O) groups is 2. The Morgan fingerprint density at radius 1 is 1.39 bits per heavy atom. The van der Waals surface area contributed by atoms with E-state index >= 15 is 0 Å². The lowest BCUT2D eigenvalue weighted by atomic mass is 9.96. The second kappa shape index (κ2) is 10.00. The molecule has 8 heteroatoms. The van der Waals surface area contributed by atoms with E-state index in [-0.39, 0.29) is 23.4 Å². The van der Waals surface area contributed by atoms with Crippen molar-refractivity contribution in [1.29, 1.82) is 5.26 Å². The summed E-state index contributed by atoms with van der Waals surface area (Å²) in [4.78, 5) is 26.1. The van der Waals surface area contributed by atoms with Gasteiger partial charge in [-0.3, -0.25) is 9.59 Å². The first-order valence-electron chi connectivity index (χ1n) is 9.08. The molecule has 1 aromatic rings. The van der Waals surface area contributed by atoms with Gasteiger partial charge in [-0.15, -0.1) is 0 Å². The number of ether oxygens (including phenoxy) is 2. The van der Waals surface area contributed by atoms with Gasteiger partial charge in [-0.2, -0.15) is 5.26 Å². The number of rotatable bonds is 6. The van der Waals surface area contributed by atoms with Gasteiger partial charge in [0.1, 0.15) is 17.4 Å². The van der Waals surface area contributed by atoms with Crippen LogP contribution in [0.25, 0.3) is 0 Å². The second-order valence-electron chi connectivity index (χ2n) is 6.43. The zero-order valence-electron chi connectivity index (χ0n) is 16.3. The minimum Gasteiger partial charge on any atom is -0.495 e. The number of benzene rings is 1. The predicted octanol–water partition coefficient (Wildman–Crippen LogP) is 3.28. The number of nitrogens with zero attached hydrogens (tertiary/aromatic N) is 2. The van der Waals surface area contributed by atoms with Crippen molar-refractivity contribution in [2.75, 3.05) is 32.1 Å². The van der Waals surface area contributed by atoms with Gasteiger partial charge in [-0.25, -0.2) is 0 Å². The zero-order valence-corrected chi connectivity index (χ0v) is 17.0. The summed E-state index contributed by atoms with van der Waals surface area (Å²) in [5, 5.41) is 12.9. The third kappa shape index (κ3) is 5.17. The lowest BCUT2D eigenvalue weighted by Crippen LogP contribution is -2.41. The molecule has 0 unspecified atom stereocenters. The fourth-order valence-electron chi connectivity index (χ4n) is 2.99. The maximum absolute atomic E-state index is 12.7. The van der Waals surface area contributed by atoms with Crippen molar-refractivity contribution in [3.63, 3.8) is 0 Å². The number of nitriles is 1. The molecule has 28 heavy (non-hydrogen) atoms. The van der Waals surface area contributed by atoms with Crippen molar-refractivity contribution in [2.45, 2.75) is 26.7 Å². The largest absolute Gasteiger partial charge is 0.495 e. The standard InChI is InChI=1S/C20H24ClN3O4/c1-4-28-20(26)14-5-7-24(8-6-14)19(25)15(11-22)12-23-17-9-13(2)16(21)10-18(17)27-3/h9-10,12,14,23H,4-8H2,1-3H3/b15-12-. The number of halogens is 1. The first-order chi connectivity index (χ1) is 13.4. The smallest absolute Gasteiger partial charge is 0.309 e. The number of esters is 1. The molecule has 0 bridgehead atoms. The number of nitrogens with one attached hydrogen (secondary N) is 1. The highest BCUT2D eigenvalue weighted by atomic mass is 35.5. The number of hydrogen-bond acceptors (Lipinski definition) is 6. The fraction of sp³-hybridized carbons (Fsp3) is 0.450. The molecule has 0 spiro atoms. The van der Waals surface area contributed by atoms with Crippen LogP contribution < -0.4 is 10.1 Å². The molecule has 1 amide bonds. The van der Waals surface area contributed by atoms with E-state index in [4.69, 9.17) is 21.1 Å². The Kier molecular flexibility index (Phi) is 7.70. The van der Waals surface area contributed by atoms with Gasteiger partial charge in [0.05, 0.1) is 25.3 Å².